The fourth-order valence-electron chi connectivity index (χ4n) is 6.58. The molecular formula is C59H94O6. The second-order valence-corrected chi connectivity index (χ2v) is 16.7. The van der Waals surface area contributed by atoms with Crippen molar-refractivity contribution in [1.82, 2.24) is 0 Å². The van der Waals surface area contributed by atoms with Gasteiger partial charge in [-0.25, -0.2) is 0 Å². The van der Waals surface area contributed by atoms with Gasteiger partial charge in [0.1, 0.15) is 13.2 Å². The van der Waals surface area contributed by atoms with Gasteiger partial charge < -0.3 is 14.2 Å². The summed E-state index contributed by atoms with van der Waals surface area (Å²) in [6, 6.07) is 0. The van der Waals surface area contributed by atoms with E-state index in [1.165, 1.54) is 51.4 Å². The standard InChI is InChI=1S/C59H94O6/c1-4-7-10-13-16-19-22-25-28-29-32-34-37-40-43-46-49-52-58(61)64-55-56(65-59(62)53-50-47-44-41-38-35-31-27-24-21-18-15-12-9-6-3)54-63-57(60)51-48-45-42-39-36-33-30-26-23-20-17-14-11-8-5-2/h7,9-10,12,16,18-19,21,25-28,30-32,34,38,40-41,43,56H,4-6,8,11,13-15,17,20,22-24,29,33,35-37,39,42,44-55H2,1-3H3/b10-7-,12-9-,19-16-,21-18-,28-25-,30-26-,31-27-,34-32-,41-38-,43-40-/t56-/m0/s1. The van der Waals surface area contributed by atoms with Crippen LogP contribution in [0.4, 0.5) is 0 Å². The fourth-order valence-corrected chi connectivity index (χ4v) is 6.58. The number of rotatable bonds is 45. The lowest BCUT2D eigenvalue weighted by Crippen LogP contribution is -2.30. The Bertz CT molecular complexity index is 1400. The number of hydrogen-bond acceptors (Lipinski definition) is 6. The second-order valence-electron chi connectivity index (χ2n) is 16.7. The minimum absolute atomic E-state index is 0.120. The first-order valence-electron chi connectivity index (χ1n) is 26.0. The maximum absolute atomic E-state index is 12.8. The summed E-state index contributed by atoms with van der Waals surface area (Å²) >= 11 is 0. The SMILES string of the molecule is CC/C=C\C/C=C\C/C=C\C/C=C\C/C=C\CCCC(=O)OC[C@H](COC(=O)CCCCCCC/C=C\CCCCCCCC)OC(=O)CCCC/C=C\C/C=C\C/C=C\C/C=C\CC. The first-order chi connectivity index (χ1) is 32.0. The largest absolute Gasteiger partial charge is 0.462 e. The Labute approximate surface area is 399 Å². The summed E-state index contributed by atoms with van der Waals surface area (Å²) in [4.78, 5) is 38.0. The van der Waals surface area contributed by atoms with Gasteiger partial charge in [-0.1, -0.05) is 194 Å². The van der Waals surface area contributed by atoms with E-state index in [9.17, 15) is 14.4 Å². The van der Waals surface area contributed by atoms with Crippen LogP contribution in [0.5, 0.6) is 0 Å². The minimum atomic E-state index is -0.829. The van der Waals surface area contributed by atoms with Gasteiger partial charge in [0.15, 0.2) is 6.10 Å². The Morgan fingerprint density at radius 1 is 0.323 bits per heavy atom. The van der Waals surface area contributed by atoms with Crippen molar-refractivity contribution in [3.05, 3.63) is 122 Å². The van der Waals surface area contributed by atoms with Gasteiger partial charge in [0.2, 0.25) is 0 Å². The molecule has 0 aliphatic carbocycles. The van der Waals surface area contributed by atoms with Crippen molar-refractivity contribution in [2.45, 2.75) is 219 Å². The number of carbonyl (C=O) groups is 3. The Hall–Kier alpha value is -4.19. The smallest absolute Gasteiger partial charge is 0.306 e. The van der Waals surface area contributed by atoms with E-state index in [2.05, 4.69) is 142 Å². The van der Waals surface area contributed by atoms with Crippen LogP contribution in [0.1, 0.15) is 213 Å². The van der Waals surface area contributed by atoms with Gasteiger partial charge in [0, 0.05) is 19.3 Å². The van der Waals surface area contributed by atoms with Crippen LogP contribution in [0, 0.1) is 0 Å². The molecule has 6 heteroatoms. The molecule has 366 valence electrons. The van der Waals surface area contributed by atoms with E-state index in [1.807, 2.05) is 0 Å². The third kappa shape index (κ3) is 50.7. The molecule has 0 fully saturated rings. The molecule has 0 aliphatic heterocycles. The van der Waals surface area contributed by atoms with Crippen LogP contribution in [0.2, 0.25) is 0 Å². The van der Waals surface area contributed by atoms with Gasteiger partial charge in [0.25, 0.3) is 0 Å². The number of ether oxygens (including phenoxy) is 3. The molecule has 0 aliphatic rings. The third-order valence-corrected chi connectivity index (χ3v) is 10.4. The predicted octanol–water partition coefficient (Wildman–Crippen LogP) is 17.3. The number of allylic oxidation sites excluding steroid dienone is 20. The van der Waals surface area contributed by atoms with Crippen LogP contribution in [-0.2, 0) is 28.6 Å². The number of unbranched alkanes of at least 4 members (excludes halogenated alkanes) is 14. The van der Waals surface area contributed by atoms with Crippen LogP contribution in [0.3, 0.4) is 0 Å². The average molecular weight is 899 g/mol. The van der Waals surface area contributed by atoms with Gasteiger partial charge in [-0.3, -0.25) is 14.4 Å². The predicted molar refractivity (Wildman–Crippen MR) is 279 cm³/mol. The molecule has 0 aromatic heterocycles. The van der Waals surface area contributed by atoms with Crippen LogP contribution < -0.4 is 0 Å². The van der Waals surface area contributed by atoms with Crippen LogP contribution in [0.15, 0.2) is 122 Å². The molecule has 0 aromatic carbocycles. The van der Waals surface area contributed by atoms with E-state index in [4.69, 9.17) is 14.2 Å². The maximum Gasteiger partial charge on any atom is 0.306 e. The van der Waals surface area contributed by atoms with E-state index in [-0.39, 0.29) is 44.0 Å². The van der Waals surface area contributed by atoms with Crippen LogP contribution in [0.25, 0.3) is 0 Å². The molecule has 0 rings (SSSR count). The van der Waals surface area contributed by atoms with E-state index < -0.39 is 6.10 Å². The van der Waals surface area contributed by atoms with E-state index in [1.54, 1.807) is 0 Å². The normalized spacial score (nSPS) is 13.1. The summed E-state index contributed by atoms with van der Waals surface area (Å²) < 4.78 is 16.7. The molecule has 0 radical (unpaired) electrons. The zero-order valence-corrected chi connectivity index (χ0v) is 41.7. The summed E-state index contributed by atoms with van der Waals surface area (Å²) in [5.41, 5.74) is 0. The van der Waals surface area contributed by atoms with Crippen molar-refractivity contribution in [2.24, 2.45) is 0 Å². The van der Waals surface area contributed by atoms with Crippen molar-refractivity contribution in [3.63, 3.8) is 0 Å². The number of carbonyl (C=O) groups excluding carboxylic acids is 3. The van der Waals surface area contributed by atoms with Crippen LogP contribution in [-0.4, -0.2) is 37.2 Å². The topological polar surface area (TPSA) is 78.9 Å². The van der Waals surface area contributed by atoms with Crippen molar-refractivity contribution >= 4 is 17.9 Å². The minimum Gasteiger partial charge on any atom is -0.462 e. The number of esters is 3. The fraction of sp³-hybridized carbons (Fsp3) is 0.610. The Morgan fingerprint density at radius 3 is 1.05 bits per heavy atom. The molecule has 0 bridgehead atoms. The molecule has 0 aromatic rings. The molecule has 0 heterocycles. The molecular weight excluding hydrogens is 805 g/mol. The highest BCUT2D eigenvalue weighted by atomic mass is 16.6. The highest BCUT2D eigenvalue weighted by Gasteiger charge is 2.19. The average Bonchev–Trinajstić information content (AvgIpc) is 3.30. The maximum atomic E-state index is 12.8. The molecule has 65 heavy (non-hydrogen) atoms. The van der Waals surface area contributed by atoms with E-state index in [0.29, 0.717) is 19.3 Å². The molecule has 0 saturated carbocycles. The van der Waals surface area contributed by atoms with E-state index >= 15 is 0 Å². The number of hydrogen-bond donors (Lipinski definition) is 0. The Morgan fingerprint density at radius 2 is 0.615 bits per heavy atom. The van der Waals surface area contributed by atoms with Crippen molar-refractivity contribution in [1.29, 1.82) is 0 Å². The summed E-state index contributed by atoms with van der Waals surface area (Å²) in [6.07, 6.45) is 71.9. The Kier molecular flexibility index (Phi) is 49.1. The molecule has 1 atom stereocenters. The second kappa shape index (κ2) is 52.4. The molecule has 0 N–H and O–H groups in total. The molecule has 0 amide bonds. The Balaban J connectivity index is 4.58. The zero-order chi connectivity index (χ0) is 47.2. The lowest BCUT2D eigenvalue weighted by molar-refractivity contribution is -0.167. The van der Waals surface area contributed by atoms with Crippen molar-refractivity contribution in [2.75, 3.05) is 13.2 Å². The van der Waals surface area contributed by atoms with E-state index in [0.717, 1.165) is 109 Å². The third-order valence-electron chi connectivity index (χ3n) is 10.4. The molecule has 0 saturated heterocycles. The van der Waals surface area contributed by atoms with Crippen molar-refractivity contribution in [3.8, 4) is 0 Å². The lowest BCUT2D eigenvalue weighted by Gasteiger charge is -2.18. The molecule has 0 unspecified atom stereocenters. The summed E-state index contributed by atoms with van der Waals surface area (Å²) in [7, 11) is 0. The molecule has 0 spiro atoms. The lowest BCUT2D eigenvalue weighted by atomic mass is 10.1. The van der Waals surface area contributed by atoms with Gasteiger partial charge in [-0.05, 0) is 122 Å². The van der Waals surface area contributed by atoms with Gasteiger partial charge >= 0.3 is 17.9 Å². The quantitative estimate of drug-likeness (QED) is 0.0262. The highest BCUT2D eigenvalue weighted by molar-refractivity contribution is 5.71. The summed E-state index contributed by atoms with van der Waals surface area (Å²) in [5.74, 6) is -1.04. The first-order valence-corrected chi connectivity index (χ1v) is 26.0. The van der Waals surface area contributed by atoms with Gasteiger partial charge in [-0.2, -0.15) is 0 Å². The zero-order valence-electron chi connectivity index (χ0n) is 41.7. The molecule has 6 nitrogen and oxygen atoms in total. The summed E-state index contributed by atoms with van der Waals surface area (Å²) in [5, 5.41) is 0. The van der Waals surface area contributed by atoms with Crippen molar-refractivity contribution < 1.29 is 28.6 Å². The van der Waals surface area contributed by atoms with Gasteiger partial charge in [-0.15, -0.1) is 0 Å². The van der Waals surface area contributed by atoms with Crippen LogP contribution >= 0.6 is 0 Å². The monoisotopic (exact) mass is 899 g/mol. The first kappa shape index (κ1) is 60.8. The highest BCUT2D eigenvalue weighted by Crippen LogP contribution is 2.12. The summed E-state index contributed by atoms with van der Waals surface area (Å²) in [6.45, 7) is 6.29. The van der Waals surface area contributed by atoms with Gasteiger partial charge in [0.05, 0.1) is 0 Å².